The van der Waals surface area contributed by atoms with Gasteiger partial charge in [0.25, 0.3) is 8.32 Å². The molecule has 1 aromatic carbocycles. The van der Waals surface area contributed by atoms with E-state index in [9.17, 15) is 4.57 Å². The summed E-state index contributed by atoms with van der Waals surface area (Å²) >= 11 is 0. The first-order valence-corrected chi connectivity index (χ1v) is 15.7. The number of aryl methyl sites for hydroxylation is 1. The molecule has 2 rings (SSSR count). The molecule has 0 atom stereocenters. The molecule has 0 spiro atoms. The quantitative estimate of drug-likeness (QED) is 0.252. The van der Waals surface area contributed by atoms with E-state index in [1.54, 1.807) is 39.4 Å². The second-order valence-corrected chi connectivity index (χ2v) is 16.1. The molecule has 0 unspecified atom stereocenters. The van der Waals surface area contributed by atoms with Crippen molar-refractivity contribution in [1.29, 1.82) is 0 Å². The Labute approximate surface area is 200 Å². The monoisotopic (exact) mass is 491 g/mol. The highest BCUT2D eigenvalue weighted by molar-refractivity contribution is 7.65. The molecular formula is C25H38NO5PSi. The Hall–Kier alpha value is -1.92. The minimum atomic E-state index is -3.57. The first-order valence-electron chi connectivity index (χ1n) is 11.3. The fourth-order valence-electron chi connectivity index (χ4n) is 3.05. The molecule has 6 nitrogen and oxygen atoms in total. The van der Waals surface area contributed by atoms with Gasteiger partial charge < -0.3 is 18.2 Å². The second-order valence-electron chi connectivity index (χ2n) is 9.34. The highest BCUT2D eigenvalue weighted by atomic mass is 31.2. The van der Waals surface area contributed by atoms with Gasteiger partial charge in [-0.05, 0) is 74.3 Å². The molecule has 182 valence electrons. The Bertz CT molecular complexity index is 1010. The standard InChI is InChI=1S/C25H38NO5PSi/c1-10-29-32(27,30-11-2)23(21-13-12-14-26-18-21)17-20-15-19(3)24(22(16-20)28-7)31-33(8,9)25(4,5)6/h12-18H,10-11H2,1-9H3. The lowest BCUT2D eigenvalue weighted by molar-refractivity contribution is 0.231. The van der Waals surface area contributed by atoms with Crippen LogP contribution in [0.15, 0.2) is 36.7 Å². The van der Waals surface area contributed by atoms with Gasteiger partial charge >= 0.3 is 7.60 Å². The van der Waals surface area contributed by atoms with E-state index in [-0.39, 0.29) is 18.3 Å². The molecule has 8 heteroatoms. The first kappa shape index (κ1) is 27.3. The van der Waals surface area contributed by atoms with Gasteiger partial charge in [0.1, 0.15) is 5.75 Å². The number of hydrogen-bond acceptors (Lipinski definition) is 6. The van der Waals surface area contributed by atoms with E-state index in [2.05, 4.69) is 38.8 Å². The van der Waals surface area contributed by atoms with Gasteiger partial charge in [-0.15, -0.1) is 0 Å². The van der Waals surface area contributed by atoms with Gasteiger partial charge in [-0.25, -0.2) is 0 Å². The smallest absolute Gasteiger partial charge is 0.361 e. The highest BCUT2D eigenvalue weighted by Crippen LogP contribution is 2.61. The number of nitrogens with zero attached hydrogens (tertiary/aromatic N) is 1. The summed E-state index contributed by atoms with van der Waals surface area (Å²) in [7, 11) is -4.00. The number of methoxy groups -OCH3 is 1. The molecule has 0 saturated carbocycles. The van der Waals surface area contributed by atoms with Crippen molar-refractivity contribution < 1.29 is 22.8 Å². The number of hydrogen-bond donors (Lipinski definition) is 0. The fraction of sp³-hybridized carbons (Fsp3) is 0.480. The first-order chi connectivity index (χ1) is 15.4. The predicted molar refractivity (Wildman–Crippen MR) is 139 cm³/mol. The summed E-state index contributed by atoms with van der Waals surface area (Å²) in [6.45, 7) is 17.1. The average Bonchev–Trinajstić information content (AvgIpc) is 2.73. The van der Waals surface area contributed by atoms with Gasteiger partial charge in [0, 0.05) is 18.0 Å². The fourth-order valence-corrected chi connectivity index (χ4v) is 5.92. The molecule has 0 radical (unpaired) electrons. The lowest BCUT2D eigenvalue weighted by atomic mass is 10.1. The Kier molecular flexibility index (Phi) is 9.11. The highest BCUT2D eigenvalue weighted by Gasteiger charge is 2.40. The normalized spacial score (nSPS) is 13.2. The molecule has 2 aromatic rings. The Morgan fingerprint density at radius 2 is 1.79 bits per heavy atom. The van der Waals surface area contributed by atoms with Crippen LogP contribution in [0.2, 0.25) is 18.1 Å². The van der Waals surface area contributed by atoms with Gasteiger partial charge in [-0.1, -0.05) is 26.8 Å². The van der Waals surface area contributed by atoms with Crippen molar-refractivity contribution in [3.05, 3.63) is 53.3 Å². The number of benzene rings is 1. The topological polar surface area (TPSA) is 66.9 Å². The third kappa shape index (κ3) is 6.57. The van der Waals surface area contributed by atoms with Crippen LogP contribution in [0.25, 0.3) is 11.4 Å². The van der Waals surface area contributed by atoms with Crippen LogP contribution in [0.4, 0.5) is 0 Å². The summed E-state index contributed by atoms with van der Waals surface area (Å²) in [6, 6.07) is 7.55. The van der Waals surface area contributed by atoms with Crippen LogP contribution in [0.1, 0.15) is 51.3 Å². The Morgan fingerprint density at radius 1 is 1.15 bits per heavy atom. The zero-order valence-corrected chi connectivity index (χ0v) is 23.3. The van der Waals surface area contributed by atoms with Gasteiger partial charge in [-0.3, -0.25) is 9.55 Å². The largest absolute Gasteiger partial charge is 0.541 e. The number of rotatable bonds is 10. The van der Waals surface area contributed by atoms with E-state index in [1.165, 1.54) is 0 Å². The summed E-state index contributed by atoms with van der Waals surface area (Å²) in [4.78, 5) is 4.20. The van der Waals surface area contributed by atoms with Crippen molar-refractivity contribution in [2.75, 3.05) is 20.3 Å². The maximum atomic E-state index is 13.7. The van der Waals surface area contributed by atoms with Crippen LogP contribution >= 0.6 is 7.60 Å². The summed E-state index contributed by atoms with van der Waals surface area (Å²) in [6.07, 6.45) is 5.16. The summed E-state index contributed by atoms with van der Waals surface area (Å²) in [5, 5.41) is 0.511. The average molecular weight is 492 g/mol. The van der Waals surface area contributed by atoms with Crippen LogP contribution in [0.5, 0.6) is 11.5 Å². The van der Waals surface area contributed by atoms with E-state index in [0.29, 0.717) is 16.6 Å². The number of ether oxygens (including phenoxy) is 1. The molecule has 0 bridgehead atoms. The third-order valence-corrected chi connectivity index (χ3v) is 12.3. The maximum absolute atomic E-state index is 13.7. The lowest BCUT2D eigenvalue weighted by Crippen LogP contribution is -2.44. The van der Waals surface area contributed by atoms with Crippen LogP contribution < -0.4 is 9.16 Å². The van der Waals surface area contributed by atoms with Crippen molar-refractivity contribution in [3.8, 4) is 11.5 Å². The lowest BCUT2D eigenvalue weighted by Gasteiger charge is -2.37. The molecule has 0 aliphatic heterocycles. The van der Waals surface area contributed by atoms with Crippen molar-refractivity contribution in [2.24, 2.45) is 0 Å². The summed E-state index contributed by atoms with van der Waals surface area (Å²) in [5.41, 5.74) is 2.44. The zero-order chi connectivity index (χ0) is 24.9. The minimum absolute atomic E-state index is 0.0537. The van der Waals surface area contributed by atoms with Crippen LogP contribution in [0.3, 0.4) is 0 Å². The molecule has 0 aliphatic rings. The van der Waals surface area contributed by atoms with Gasteiger partial charge in [0.05, 0.1) is 25.6 Å². The number of pyridine rings is 1. The minimum Gasteiger partial charge on any atom is -0.541 e. The van der Waals surface area contributed by atoms with E-state index >= 15 is 0 Å². The van der Waals surface area contributed by atoms with Crippen molar-refractivity contribution in [2.45, 2.75) is 59.7 Å². The van der Waals surface area contributed by atoms with Crippen LogP contribution in [-0.2, 0) is 13.6 Å². The van der Waals surface area contributed by atoms with Crippen molar-refractivity contribution in [3.63, 3.8) is 0 Å². The molecule has 1 aromatic heterocycles. The van der Waals surface area contributed by atoms with E-state index in [1.807, 2.05) is 31.2 Å². The molecule has 1 heterocycles. The van der Waals surface area contributed by atoms with E-state index in [0.717, 1.165) is 16.9 Å². The van der Waals surface area contributed by atoms with Crippen molar-refractivity contribution in [1.82, 2.24) is 4.98 Å². The van der Waals surface area contributed by atoms with E-state index in [4.69, 9.17) is 18.2 Å². The van der Waals surface area contributed by atoms with Crippen LogP contribution in [-0.4, -0.2) is 33.6 Å². The second kappa shape index (κ2) is 11.0. The SMILES string of the molecule is CCOP(=O)(OCC)C(=Cc1cc(C)c(O[Si](C)(C)C(C)(C)C)c(OC)c1)c1cccnc1. The van der Waals surface area contributed by atoms with E-state index < -0.39 is 15.9 Å². The van der Waals surface area contributed by atoms with Gasteiger partial charge in [-0.2, -0.15) is 0 Å². The van der Waals surface area contributed by atoms with Gasteiger partial charge in [0.2, 0.25) is 0 Å². The molecular weight excluding hydrogens is 453 g/mol. The molecule has 0 N–H and O–H groups in total. The Balaban J connectivity index is 2.66. The third-order valence-electron chi connectivity index (χ3n) is 5.80. The summed E-state index contributed by atoms with van der Waals surface area (Å²) in [5.74, 6) is 1.39. The molecule has 33 heavy (non-hydrogen) atoms. The predicted octanol–water partition coefficient (Wildman–Crippen LogP) is 7.55. The molecule has 0 aliphatic carbocycles. The molecule has 0 fully saturated rings. The number of aromatic nitrogens is 1. The van der Waals surface area contributed by atoms with Gasteiger partial charge in [0.15, 0.2) is 5.75 Å². The van der Waals surface area contributed by atoms with Crippen molar-refractivity contribution >= 4 is 27.3 Å². The summed E-state index contributed by atoms with van der Waals surface area (Å²) < 4.78 is 37.4. The zero-order valence-electron chi connectivity index (χ0n) is 21.4. The molecule has 0 saturated heterocycles. The van der Waals surface area contributed by atoms with Crippen LogP contribution in [0, 0.1) is 6.92 Å². The Morgan fingerprint density at radius 3 is 2.27 bits per heavy atom. The maximum Gasteiger partial charge on any atom is 0.361 e. The molecule has 0 amide bonds.